The summed E-state index contributed by atoms with van der Waals surface area (Å²) >= 11 is 8.05. The molecule has 0 aliphatic carbocycles. The molecule has 184 valence electrons. The van der Waals surface area contributed by atoms with Crippen LogP contribution in [-0.4, -0.2) is 24.5 Å². The molecule has 1 saturated heterocycles. The van der Waals surface area contributed by atoms with Crippen LogP contribution in [0.5, 0.6) is 11.5 Å². The first-order valence-electron chi connectivity index (χ1n) is 11.1. The summed E-state index contributed by atoms with van der Waals surface area (Å²) in [6.07, 6.45) is 1.43. The summed E-state index contributed by atoms with van der Waals surface area (Å²) in [5.41, 5.74) is 2.82. The van der Waals surface area contributed by atoms with E-state index in [4.69, 9.17) is 21.1 Å². The van der Waals surface area contributed by atoms with Crippen LogP contribution >= 0.6 is 34.2 Å². The van der Waals surface area contributed by atoms with Gasteiger partial charge in [-0.25, -0.2) is 9.69 Å². The van der Waals surface area contributed by atoms with E-state index in [2.05, 4.69) is 27.9 Å². The second-order valence-corrected chi connectivity index (χ2v) is 9.57. The summed E-state index contributed by atoms with van der Waals surface area (Å²) in [4.78, 5) is 39.1. The summed E-state index contributed by atoms with van der Waals surface area (Å²) in [5, 5.41) is 2.68. The number of imide groups is 2. The monoisotopic (exact) mass is 616 g/mol. The van der Waals surface area contributed by atoms with Gasteiger partial charge in [0, 0.05) is 5.02 Å². The topological polar surface area (TPSA) is 84.9 Å². The Kier molecular flexibility index (Phi) is 7.95. The maximum absolute atomic E-state index is 13.2. The van der Waals surface area contributed by atoms with Crippen molar-refractivity contribution in [2.24, 2.45) is 0 Å². The van der Waals surface area contributed by atoms with Gasteiger partial charge in [-0.15, -0.1) is 0 Å². The summed E-state index contributed by atoms with van der Waals surface area (Å²) in [6, 6.07) is 16.9. The maximum Gasteiger partial charge on any atom is 0.335 e. The molecule has 9 heteroatoms. The van der Waals surface area contributed by atoms with Gasteiger partial charge in [0.2, 0.25) is 0 Å². The van der Waals surface area contributed by atoms with Gasteiger partial charge in [-0.1, -0.05) is 41.4 Å². The van der Waals surface area contributed by atoms with E-state index in [0.717, 1.165) is 19.6 Å². The summed E-state index contributed by atoms with van der Waals surface area (Å²) in [5.74, 6) is -0.460. The number of amides is 4. The number of anilines is 1. The molecule has 0 bridgehead atoms. The first kappa shape index (κ1) is 25.7. The quantitative estimate of drug-likeness (QED) is 0.203. The highest BCUT2D eigenvalue weighted by Crippen LogP contribution is 2.36. The highest BCUT2D eigenvalue weighted by Gasteiger charge is 2.36. The second-order valence-electron chi connectivity index (χ2n) is 7.97. The number of halogens is 2. The van der Waals surface area contributed by atoms with Crippen molar-refractivity contribution < 1.29 is 23.9 Å². The van der Waals surface area contributed by atoms with Crippen LogP contribution in [0.3, 0.4) is 0 Å². The molecule has 4 amide bonds. The molecule has 7 nitrogen and oxygen atoms in total. The first-order chi connectivity index (χ1) is 17.3. The summed E-state index contributed by atoms with van der Waals surface area (Å²) in [6.45, 7) is 4.63. The predicted molar refractivity (Wildman–Crippen MR) is 146 cm³/mol. The van der Waals surface area contributed by atoms with Crippen LogP contribution in [-0.2, 0) is 16.2 Å². The van der Waals surface area contributed by atoms with Crippen molar-refractivity contribution >= 4 is 63.8 Å². The predicted octanol–water partition coefficient (Wildman–Crippen LogP) is 5.90. The van der Waals surface area contributed by atoms with Crippen molar-refractivity contribution in [2.45, 2.75) is 20.5 Å². The van der Waals surface area contributed by atoms with Crippen LogP contribution in [0.2, 0.25) is 5.02 Å². The molecule has 1 heterocycles. The number of barbiturate groups is 1. The number of carbonyl (C=O) groups excluding carboxylic acids is 3. The van der Waals surface area contributed by atoms with Crippen LogP contribution < -0.4 is 19.7 Å². The molecule has 0 atom stereocenters. The van der Waals surface area contributed by atoms with Crippen molar-refractivity contribution in [3.05, 3.63) is 91.5 Å². The Hall–Kier alpha value is -3.37. The molecule has 0 saturated carbocycles. The molecule has 4 rings (SSSR count). The number of aryl methyl sites for hydroxylation is 1. The Morgan fingerprint density at radius 2 is 1.78 bits per heavy atom. The minimum absolute atomic E-state index is 0.184. The van der Waals surface area contributed by atoms with E-state index in [9.17, 15) is 14.4 Å². The molecule has 0 spiro atoms. The largest absolute Gasteiger partial charge is 0.490 e. The Morgan fingerprint density at radius 3 is 2.47 bits per heavy atom. The zero-order valence-corrected chi connectivity index (χ0v) is 22.4. The Labute approximate surface area is 227 Å². The van der Waals surface area contributed by atoms with E-state index in [0.29, 0.717) is 41.0 Å². The van der Waals surface area contributed by atoms with Gasteiger partial charge in [0.05, 0.1) is 15.9 Å². The zero-order valence-electron chi connectivity index (χ0n) is 19.5. The van der Waals surface area contributed by atoms with Gasteiger partial charge < -0.3 is 9.47 Å². The van der Waals surface area contributed by atoms with Crippen LogP contribution in [0.15, 0.2) is 66.2 Å². The molecular weight excluding hydrogens is 595 g/mol. The molecule has 0 unspecified atom stereocenters. The molecular formula is C27H22ClIN2O5. The molecule has 3 aromatic rings. The van der Waals surface area contributed by atoms with Crippen molar-refractivity contribution in [3.63, 3.8) is 0 Å². The van der Waals surface area contributed by atoms with Crippen molar-refractivity contribution in [1.29, 1.82) is 0 Å². The highest BCUT2D eigenvalue weighted by molar-refractivity contribution is 14.1. The fraction of sp³-hybridized carbons (Fsp3) is 0.148. The summed E-state index contributed by atoms with van der Waals surface area (Å²) < 4.78 is 12.6. The van der Waals surface area contributed by atoms with Gasteiger partial charge in [-0.2, -0.15) is 0 Å². The molecule has 36 heavy (non-hydrogen) atoms. The molecule has 1 fully saturated rings. The summed E-state index contributed by atoms with van der Waals surface area (Å²) in [7, 11) is 0. The second kappa shape index (κ2) is 11.1. The smallest absolute Gasteiger partial charge is 0.335 e. The first-order valence-corrected chi connectivity index (χ1v) is 12.5. The van der Waals surface area contributed by atoms with Gasteiger partial charge in [0.1, 0.15) is 12.2 Å². The van der Waals surface area contributed by atoms with Gasteiger partial charge >= 0.3 is 6.03 Å². The van der Waals surface area contributed by atoms with Crippen molar-refractivity contribution in [2.75, 3.05) is 11.5 Å². The van der Waals surface area contributed by atoms with E-state index in [-0.39, 0.29) is 5.57 Å². The van der Waals surface area contributed by atoms with Gasteiger partial charge in [0.15, 0.2) is 11.5 Å². The molecule has 0 radical (unpaired) electrons. The van der Waals surface area contributed by atoms with E-state index >= 15 is 0 Å². The SMILES string of the molecule is CCOc1cc(/C=C2\C(=O)NC(=O)N(c3ccc(Cl)cc3)C2=O)cc(I)c1OCc1cccc(C)c1. The average molecular weight is 617 g/mol. The third-order valence-corrected chi connectivity index (χ3v) is 6.35. The number of hydrogen-bond donors (Lipinski definition) is 1. The van der Waals surface area contributed by atoms with E-state index in [1.807, 2.05) is 38.1 Å². The minimum atomic E-state index is -0.825. The number of nitrogens with zero attached hydrogens (tertiary/aromatic N) is 1. The fourth-order valence-corrected chi connectivity index (χ4v) is 4.59. The van der Waals surface area contributed by atoms with Gasteiger partial charge in [0.25, 0.3) is 11.8 Å². The van der Waals surface area contributed by atoms with E-state index in [1.54, 1.807) is 24.3 Å². The highest BCUT2D eigenvalue weighted by atomic mass is 127. The van der Waals surface area contributed by atoms with Gasteiger partial charge in [-0.05, 0) is 90.0 Å². The van der Waals surface area contributed by atoms with Crippen molar-refractivity contribution in [3.8, 4) is 11.5 Å². The number of nitrogens with one attached hydrogen (secondary N) is 1. The Balaban J connectivity index is 1.65. The molecule has 1 aliphatic rings. The third-order valence-electron chi connectivity index (χ3n) is 5.29. The van der Waals surface area contributed by atoms with Crippen LogP contribution in [0.25, 0.3) is 6.08 Å². The standard InChI is InChI=1S/C27H22ClIN2O5/c1-3-35-23-14-18(13-22(29)24(23)36-15-17-6-4-5-16(2)11-17)12-21-25(32)30-27(34)31(26(21)33)20-9-7-19(28)8-10-20/h4-14H,3,15H2,1-2H3,(H,30,32,34)/b21-12+. The molecule has 0 aromatic heterocycles. The van der Waals surface area contributed by atoms with Crippen LogP contribution in [0.4, 0.5) is 10.5 Å². The number of carbonyl (C=O) groups is 3. The maximum atomic E-state index is 13.2. The Bertz CT molecular complexity index is 1370. The van der Waals surface area contributed by atoms with E-state index in [1.165, 1.54) is 18.2 Å². The lowest BCUT2D eigenvalue weighted by atomic mass is 10.1. The van der Waals surface area contributed by atoms with Crippen LogP contribution in [0, 0.1) is 10.5 Å². The lowest BCUT2D eigenvalue weighted by Crippen LogP contribution is -2.54. The zero-order chi connectivity index (χ0) is 25.8. The normalized spacial score (nSPS) is 14.7. The molecule has 3 aromatic carbocycles. The fourth-order valence-electron chi connectivity index (χ4n) is 3.68. The third kappa shape index (κ3) is 5.71. The number of benzene rings is 3. The number of urea groups is 1. The number of hydrogen-bond acceptors (Lipinski definition) is 5. The van der Waals surface area contributed by atoms with Gasteiger partial charge in [-0.3, -0.25) is 14.9 Å². The number of rotatable bonds is 7. The number of ether oxygens (including phenoxy) is 2. The lowest BCUT2D eigenvalue weighted by Gasteiger charge is -2.26. The van der Waals surface area contributed by atoms with Crippen LogP contribution in [0.1, 0.15) is 23.6 Å². The van der Waals surface area contributed by atoms with E-state index < -0.39 is 17.8 Å². The lowest BCUT2D eigenvalue weighted by molar-refractivity contribution is -0.122. The Morgan fingerprint density at radius 1 is 1.03 bits per heavy atom. The average Bonchev–Trinajstić information content (AvgIpc) is 2.82. The minimum Gasteiger partial charge on any atom is -0.490 e. The van der Waals surface area contributed by atoms with Crippen molar-refractivity contribution in [1.82, 2.24) is 5.32 Å². The molecule has 1 aliphatic heterocycles. The molecule has 1 N–H and O–H groups in total.